The monoisotopic (exact) mass is 293 g/mol. The number of aliphatic hydroxyl groups is 1. The number of hydrogen-bond donors (Lipinski definition) is 4. The molecule has 21 heavy (non-hydrogen) atoms. The molecule has 2 rings (SSSR count). The van der Waals surface area contributed by atoms with Crippen LogP contribution in [0.1, 0.15) is 45.4 Å². The number of Topliss-reactive ketones (excluding diaryl/α,β-unsaturated/α-hetero) is 1. The molecule has 0 spiro atoms. The Kier molecular flexibility index (Phi) is 4.80. The van der Waals surface area contributed by atoms with E-state index in [1.54, 1.807) is 13.8 Å². The van der Waals surface area contributed by atoms with Crippen molar-refractivity contribution in [1.82, 2.24) is 15.6 Å². The standard InChI is InChI=1S/C15H23N3O3/c1-8-13(9(2)18-14(8)10(3)19)15(21)17-6-11-4-5-16-7-12(11)20/h11-12,16,18,20H,4-7H2,1-3H3,(H,17,21)/t11-,12+/m0/s1. The lowest BCUT2D eigenvalue weighted by Crippen LogP contribution is -2.45. The largest absolute Gasteiger partial charge is 0.391 e. The molecule has 116 valence electrons. The summed E-state index contributed by atoms with van der Waals surface area (Å²) in [6.45, 7) is 6.90. The zero-order valence-corrected chi connectivity index (χ0v) is 12.7. The van der Waals surface area contributed by atoms with E-state index in [1.165, 1.54) is 6.92 Å². The van der Waals surface area contributed by atoms with E-state index in [0.29, 0.717) is 35.6 Å². The molecular weight excluding hydrogens is 270 g/mol. The third kappa shape index (κ3) is 3.33. The molecule has 6 heteroatoms. The summed E-state index contributed by atoms with van der Waals surface area (Å²) in [4.78, 5) is 26.8. The van der Waals surface area contributed by atoms with Gasteiger partial charge in [-0.1, -0.05) is 0 Å². The fourth-order valence-electron chi connectivity index (χ4n) is 2.89. The zero-order chi connectivity index (χ0) is 15.6. The van der Waals surface area contributed by atoms with Gasteiger partial charge in [0.2, 0.25) is 0 Å². The van der Waals surface area contributed by atoms with Crippen LogP contribution in [-0.2, 0) is 0 Å². The molecule has 0 aromatic carbocycles. The quantitative estimate of drug-likeness (QED) is 0.609. The van der Waals surface area contributed by atoms with E-state index >= 15 is 0 Å². The van der Waals surface area contributed by atoms with Crippen LogP contribution < -0.4 is 10.6 Å². The minimum absolute atomic E-state index is 0.0713. The molecule has 1 aliphatic rings. The van der Waals surface area contributed by atoms with Gasteiger partial charge in [0.05, 0.1) is 17.4 Å². The first kappa shape index (κ1) is 15.7. The second-order valence-corrected chi connectivity index (χ2v) is 5.71. The Morgan fingerprint density at radius 2 is 2.10 bits per heavy atom. The van der Waals surface area contributed by atoms with Crippen molar-refractivity contribution in [3.63, 3.8) is 0 Å². The Morgan fingerprint density at radius 3 is 2.67 bits per heavy atom. The molecule has 0 unspecified atom stereocenters. The molecule has 0 saturated carbocycles. The molecule has 0 aliphatic carbocycles. The molecule has 1 aromatic rings. The van der Waals surface area contributed by atoms with Gasteiger partial charge in [-0.15, -0.1) is 0 Å². The number of piperidine rings is 1. The van der Waals surface area contributed by atoms with Crippen molar-refractivity contribution < 1.29 is 14.7 Å². The maximum atomic E-state index is 12.3. The number of aryl methyl sites for hydroxylation is 1. The second kappa shape index (κ2) is 6.41. The van der Waals surface area contributed by atoms with Crippen LogP contribution in [0, 0.1) is 19.8 Å². The van der Waals surface area contributed by atoms with E-state index in [0.717, 1.165) is 13.0 Å². The number of aromatic amines is 1. The summed E-state index contributed by atoms with van der Waals surface area (Å²) in [6.07, 6.45) is 0.408. The lowest BCUT2D eigenvalue weighted by Gasteiger charge is -2.28. The van der Waals surface area contributed by atoms with Crippen molar-refractivity contribution in [3.05, 3.63) is 22.5 Å². The van der Waals surface area contributed by atoms with Crippen LogP contribution >= 0.6 is 0 Å². The van der Waals surface area contributed by atoms with Crippen molar-refractivity contribution in [1.29, 1.82) is 0 Å². The number of carbonyl (C=O) groups is 2. The highest BCUT2D eigenvalue weighted by atomic mass is 16.3. The smallest absolute Gasteiger partial charge is 0.253 e. The van der Waals surface area contributed by atoms with Gasteiger partial charge in [-0.05, 0) is 32.4 Å². The number of ketones is 1. The van der Waals surface area contributed by atoms with Gasteiger partial charge in [0.25, 0.3) is 5.91 Å². The molecule has 1 saturated heterocycles. The van der Waals surface area contributed by atoms with Crippen molar-refractivity contribution >= 4 is 11.7 Å². The van der Waals surface area contributed by atoms with Crippen LogP contribution in [0.15, 0.2) is 0 Å². The fourth-order valence-corrected chi connectivity index (χ4v) is 2.89. The topological polar surface area (TPSA) is 94.2 Å². The van der Waals surface area contributed by atoms with E-state index in [9.17, 15) is 14.7 Å². The Bertz CT molecular complexity index is 551. The van der Waals surface area contributed by atoms with Gasteiger partial charge >= 0.3 is 0 Å². The van der Waals surface area contributed by atoms with E-state index in [4.69, 9.17) is 0 Å². The minimum atomic E-state index is -0.430. The van der Waals surface area contributed by atoms with Gasteiger partial charge in [0.1, 0.15) is 0 Å². The van der Waals surface area contributed by atoms with Crippen LogP contribution in [0.3, 0.4) is 0 Å². The highest BCUT2D eigenvalue weighted by molar-refractivity contribution is 6.02. The summed E-state index contributed by atoms with van der Waals surface area (Å²) < 4.78 is 0. The summed E-state index contributed by atoms with van der Waals surface area (Å²) >= 11 is 0. The molecular formula is C15H23N3O3. The molecule has 4 N–H and O–H groups in total. The maximum Gasteiger partial charge on any atom is 0.253 e. The molecule has 0 radical (unpaired) electrons. The number of β-amino-alcohol motifs (C(OH)–C–C–N with tert-alkyl or cyclic N) is 1. The predicted octanol–water partition coefficient (Wildman–Crippen LogP) is 0.534. The number of aliphatic hydroxyl groups excluding tert-OH is 1. The van der Waals surface area contributed by atoms with E-state index in [1.807, 2.05) is 0 Å². The van der Waals surface area contributed by atoms with Crippen molar-refractivity contribution in [3.8, 4) is 0 Å². The number of amides is 1. The number of hydrogen-bond acceptors (Lipinski definition) is 4. The first-order chi connectivity index (χ1) is 9.91. The third-order valence-electron chi connectivity index (χ3n) is 4.13. The Morgan fingerprint density at radius 1 is 1.38 bits per heavy atom. The van der Waals surface area contributed by atoms with Crippen molar-refractivity contribution in [2.45, 2.75) is 33.3 Å². The molecule has 1 aromatic heterocycles. The lowest BCUT2D eigenvalue weighted by atomic mass is 9.95. The van der Waals surface area contributed by atoms with Crippen LogP contribution in [0.4, 0.5) is 0 Å². The highest BCUT2D eigenvalue weighted by Gasteiger charge is 2.25. The average molecular weight is 293 g/mol. The number of aromatic nitrogens is 1. The van der Waals surface area contributed by atoms with Crippen LogP contribution in [0.5, 0.6) is 0 Å². The highest BCUT2D eigenvalue weighted by Crippen LogP contribution is 2.19. The first-order valence-electron chi connectivity index (χ1n) is 7.29. The summed E-state index contributed by atoms with van der Waals surface area (Å²) in [5.41, 5.74) is 2.40. The SMILES string of the molecule is CC(=O)c1[nH]c(C)c(C(=O)NC[C@@H]2CCNC[C@H]2O)c1C. The second-order valence-electron chi connectivity index (χ2n) is 5.71. The summed E-state index contributed by atoms with van der Waals surface area (Å²) in [6, 6.07) is 0. The zero-order valence-electron chi connectivity index (χ0n) is 12.7. The number of rotatable bonds is 4. The number of nitrogens with one attached hydrogen (secondary N) is 3. The molecule has 1 amide bonds. The summed E-state index contributed by atoms with van der Waals surface area (Å²) in [7, 11) is 0. The van der Waals surface area contributed by atoms with Gasteiger partial charge in [-0.2, -0.15) is 0 Å². The number of H-pyrrole nitrogens is 1. The van der Waals surface area contributed by atoms with Gasteiger partial charge in [-0.3, -0.25) is 9.59 Å². The van der Waals surface area contributed by atoms with Gasteiger partial charge < -0.3 is 20.7 Å². The summed E-state index contributed by atoms with van der Waals surface area (Å²) in [5.74, 6) is -0.204. The summed E-state index contributed by atoms with van der Waals surface area (Å²) in [5, 5.41) is 15.9. The van der Waals surface area contributed by atoms with Crippen molar-refractivity contribution in [2.24, 2.45) is 5.92 Å². The van der Waals surface area contributed by atoms with Crippen LogP contribution in [-0.4, -0.2) is 47.5 Å². The van der Waals surface area contributed by atoms with Crippen molar-refractivity contribution in [2.75, 3.05) is 19.6 Å². The number of carbonyl (C=O) groups excluding carboxylic acids is 2. The minimum Gasteiger partial charge on any atom is -0.391 e. The maximum absolute atomic E-state index is 12.3. The van der Waals surface area contributed by atoms with Crippen LogP contribution in [0.25, 0.3) is 0 Å². The molecule has 0 bridgehead atoms. The molecule has 1 aliphatic heterocycles. The van der Waals surface area contributed by atoms with Crippen LogP contribution in [0.2, 0.25) is 0 Å². The first-order valence-corrected chi connectivity index (χ1v) is 7.29. The Hall–Kier alpha value is -1.66. The normalized spacial score (nSPS) is 22.1. The van der Waals surface area contributed by atoms with Gasteiger partial charge in [0, 0.05) is 31.6 Å². The van der Waals surface area contributed by atoms with Gasteiger partial charge in [-0.25, -0.2) is 0 Å². The predicted molar refractivity (Wildman–Crippen MR) is 79.6 cm³/mol. The average Bonchev–Trinajstić information content (AvgIpc) is 2.73. The molecule has 2 atom stereocenters. The van der Waals surface area contributed by atoms with E-state index in [-0.39, 0.29) is 17.6 Å². The molecule has 1 fully saturated rings. The third-order valence-corrected chi connectivity index (χ3v) is 4.13. The fraction of sp³-hybridized carbons (Fsp3) is 0.600. The van der Waals surface area contributed by atoms with E-state index < -0.39 is 6.10 Å². The Balaban J connectivity index is 2.05. The van der Waals surface area contributed by atoms with E-state index in [2.05, 4.69) is 15.6 Å². The lowest BCUT2D eigenvalue weighted by molar-refractivity contribution is 0.0753. The Labute approximate surface area is 124 Å². The molecule has 6 nitrogen and oxygen atoms in total. The molecule has 2 heterocycles. The van der Waals surface area contributed by atoms with Gasteiger partial charge in [0.15, 0.2) is 5.78 Å².